The Bertz CT molecular complexity index is 3800. The van der Waals surface area contributed by atoms with Gasteiger partial charge in [-0.2, -0.15) is 0 Å². The summed E-state index contributed by atoms with van der Waals surface area (Å²) in [7, 11) is 0. The first-order chi connectivity index (χ1) is 28.8. The fourth-order valence-electron chi connectivity index (χ4n) is 9.59. The Morgan fingerprint density at radius 1 is 0.345 bits per heavy atom. The van der Waals surface area contributed by atoms with Crippen LogP contribution in [0.15, 0.2) is 199 Å². The minimum absolute atomic E-state index is 0.899. The van der Waals surface area contributed by atoms with Crippen molar-refractivity contribution in [3.63, 3.8) is 0 Å². The van der Waals surface area contributed by atoms with E-state index in [4.69, 9.17) is 4.42 Å². The van der Waals surface area contributed by atoms with Crippen LogP contribution < -0.4 is 0 Å². The summed E-state index contributed by atoms with van der Waals surface area (Å²) in [4.78, 5) is 0. The van der Waals surface area contributed by atoms with Crippen LogP contribution in [0.2, 0.25) is 0 Å². The van der Waals surface area contributed by atoms with Gasteiger partial charge in [-0.15, -0.1) is 11.3 Å². The normalized spacial score (nSPS) is 12.1. The van der Waals surface area contributed by atoms with E-state index >= 15 is 0 Å². The molecule has 4 aromatic heterocycles. The molecule has 9 aromatic carbocycles. The Hall–Kier alpha value is -7.40. The van der Waals surface area contributed by atoms with Gasteiger partial charge in [0, 0.05) is 69.4 Å². The Morgan fingerprint density at radius 2 is 0.966 bits per heavy atom. The average Bonchev–Trinajstić information content (AvgIpc) is 4.03. The predicted molar refractivity (Wildman–Crippen MR) is 246 cm³/mol. The number of para-hydroxylation sites is 3. The molecular weight excluding hydrogens is 725 g/mol. The number of furan rings is 1. The van der Waals surface area contributed by atoms with Crippen LogP contribution >= 0.6 is 11.3 Å². The van der Waals surface area contributed by atoms with Gasteiger partial charge in [0.25, 0.3) is 0 Å². The zero-order chi connectivity index (χ0) is 37.9. The molecule has 0 aliphatic heterocycles. The number of benzene rings is 9. The summed E-state index contributed by atoms with van der Waals surface area (Å²) in [5, 5.41) is 9.77. The quantitative estimate of drug-likeness (QED) is 0.175. The van der Waals surface area contributed by atoms with Crippen molar-refractivity contribution in [3.05, 3.63) is 194 Å². The molecule has 0 bridgehead atoms. The van der Waals surface area contributed by atoms with Gasteiger partial charge >= 0.3 is 0 Å². The number of hydrogen-bond donors (Lipinski definition) is 0. The Morgan fingerprint density at radius 3 is 1.83 bits per heavy atom. The van der Waals surface area contributed by atoms with E-state index in [1.807, 2.05) is 23.5 Å². The van der Waals surface area contributed by atoms with Crippen molar-refractivity contribution >= 4 is 97.1 Å². The van der Waals surface area contributed by atoms with Gasteiger partial charge in [0.2, 0.25) is 0 Å². The first kappa shape index (κ1) is 31.8. The second-order valence-corrected chi connectivity index (χ2v) is 16.3. The standard InChI is InChI=1S/C54H32N2OS/c1-2-12-33(13-3-1)37-25-26-42-38-14-4-9-19-47(38)56(36-24-29-52-45(32-36)41-17-7-11-21-51(41)58-52)54(42)53(37)34-22-27-48-43(30-34)39-15-5-8-18-46(39)55(48)35-23-28-50-44(31-35)40-16-6-10-20-49(40)57-50/h1-32H. The van der Waals surface area contributed by atoms with Gasteiger partial charge in [0.1, 0.15) is 11.2 Å². The van der Waals surface area contributed by atoms with Gasteiger partial charge in [-0.05, 0) is 89.5 Å². The van der Waals surface area contributed by atoms with Crippen molar-refractivity contribution in [1.29, 1.82) is 0 Å². The summed E-state index contributed by atoms with van der Waals surface area (Å²) in [6, 6.07) is 71.0. The smallest absolute Gasteiger partial charge is 0.135 e. The van der Waals surface area contributed by atoms with Crippen LogP contribution in [0.1, 0.15) is 0 Å². The summed E-state index contributed by atoms with van der Waals surface area (Å²) in [5.41, 5.74) is 13.6. The molecule has 4 heteroatoms. The molecule has 3 nitrogen and oxygen atoms in total. The van der Waals surface area contributed by atoms with Crippen molar-refractivity contribution < 1.29 is 4.42 Å². The van der Waals surface area contributed by atoms with Crippen molar-refractivity contribution in [3.8, 4) is 33.6 Å². The maximum absolute atomic E-state index is 6.24. The molecule has 270 valence electrons. The van der Waals surface area contributed by atoms with E-state index in [0.717, 1.165) is 33.3 Å². The molecule has 13 aromatic rings. The molecule has 0 aliphatic carbocycles. The lowest BCUT2D eigenvalue weighted by atomic mass is 9.91. The molecule has 58 heavy (non-hydrogen) atoms. The molecule has 0 radical (unpaired) electrons. The molecule has 0 amide bonds. The zero-order valence-electron chi connectivity index (χ0n) is 31.2. The SMILES string of the molecule is c1ccc(-c2ccc3c4ccccc4n(-c4ccc5sc6ccccc6c5c4)c3c2-c2ccc3c(c2)c2ccccc2n3-c2ccc3oc4ccccc4c3c2)cc1. The van der Waals surface area contributed by atoms with E-state index < -0.39 is 0 Å². The number of fused-ring (bicyclic) bond motifs is 12. The van der Waals surface area contributed by atoms with Crippen LogP contribution in [0.3, 0.4) is 0 Å². The highest BCUT2D eigenvalue weighted by atomic mass is 32.1. The van der Waals surface area contributed by atoms with Crippen molar-refractivity contribution in [1.82, 2.24) is 9.13 Å². The maximum atomic E-state index is 6.24. The number of nitrogens with zero attached hydrogens (tertiary/aromatic N) is 2. The largest absolute Gasteiger partial charge is 0.456 e. The average molecular weight is 757 g/mol. The second kappa shape index (κ2) is 12.1. The molecule has 0 fully saturated rings. The first-order valence-electron chi connectivity index (χ1n) is 19.8. The molecule has 0 saturated carbocycles. The Labute approximate surface area is 336 Å². The van der Waals surface area contributed by atoms with Crippen LogP contribution in [0, 0.1) is 0 Å². The highest BCUT2D eigenvalue weighted by Gasteiger charge is 2.23. The van der Waals surface area contributed by atoms with Crippen LogP contribution in [-0.2, 0) is 0 Å². The fraction of sp³-hybridized carbons (Fsp3) is 0. The number of thiophene rings is 1. The van der Waals surface area contributed by atoms with Gasteiger partial charge < -0.3 is 13.6 Å². The zero-order valence-corrected chi connectivity index (χ0v) is 32.0. The van der Waals surface area contributed by atoms with Gasteiger partial charge in [0.05, 0.1) is 22.1 Å². The van der Waals surface area contributed by atoms with E-state index in [0.29, 0.717) is 0 Å². The Kier molecular flexibility index (Phi) is 6.60. The van der Waals surface area contributed by atoms with Crippen LogP contribution in [-0.4, -0.2) is 9.13 Å². The van der Waals surface area contributed by atoms with Gasteiger partial charge in [-0.1, -0.05) is 121 Å². The predicted octanol–water partition coefficient (Wildman–Crippen LogP) is 15.5. The monoisotopic (exact) mass is 756 g/mol. The van der Waals surface area contributed by atoms with Crippen LogP contribution in [0.4, 0.5) is 0 Å². The summed E-state index contributed by atoms with van der Waals surface area (Å²) >= 11 is 1.86. The van der Waals surface area contributed by atoms with Crippen molar-refractivity contribution in [2.45, 2.75) is 0 Å². The first-order valence-corrected chi connectivity index (χ1v) is 20.6. The molecule has 0 N–H and O–H groups in total. The molecule has 0 saturated heterocycles. The van der Waals surface area contributed by atoms with E-state index in [-0.39, 0.29) is 0 Å². The summed E-state index contributed by atoms with van der Waals surface area (Å²) in [6.07, 6.45) is 0. The highest BCUT2D eigenvalue weighted by Crippen LogP contribution is 2.46. The molecule has 4 heterocycles. The van der Waals surface area contributed by atoms with Gasteiger partial charge in [-0.25, -0.2) is 0 Å². The van der Waals surface area contributed by atoms with Gasteiger partial charge in [0.15, 0.2) is 0 Å². The van der Waals surface area contributed by atoms with E-state index in [1.165, 1.54) is 86.0 Å². The van der Waals surface area contributed by atoms with E-state index in [1.54, 1.807) is 0 Å². The number of rotatable bonds is 4. The lowest BCUT2D eigenvalue weighted by Gasteiger charge is -2.17. The Balaban J connectivity index is 1.12. The van der Waals surface area contributed by atoms with Crippen molar-refractivity contribution in [2.75, 3.05) is 0 Å². The van der Waals surface area contributed by atoms with Gasteiger partial charge in [-0.3, -0.25) is 0 Å². The molecule has 0 spiro atoms. The maximum Gasteiger partial charge on any atom is 0.135 e. The third-order valence-electron chi connectivity index (χ3n) is 12.1. The topological polar surface area (TPSA) is 23.0 Å². The summed E-state index contributed by atoms with van der Waals surface area (Å²) in [5.74, 6) is 0. The lowest BCUT2D eigenvalue weighted by molar-refractivity contribution is 0.669. The molecule has 0 atom stereocenters. The van der Waals surface area contributed by atoms with E-state index in [2.05, 4.69) is 191 Å². The molecule has 0 unspecified atom stereocenters. The highest BCUT2D eigenvalue weighted by molar-refractivity contribution is 7.25. The minimum Gasteiger partial charge on any atom is -0.456 e. The lowest BCUT2D eigenvalue weighted by Crippen LogP contribution is -1.97. The second-order valence-electron chi connectivity index (χ2n) is 15.2. The summed E-state index contributed by atoms with van der Waals surface area (Å²) < 4.78 is 13.8. The third kappa shape index (κ3) is 4.49. The molecule has 13 rings (SSSR count). The van der Waals surface area contributed by atoms with Crippen LogP contribution in [0.5, 0.6) is 0 Å². The van der Waals surface area contributed by atoms with E-state index in [9.17, 15) is 0 Å². The van der Waals surface area contributed by atoms with Crippen LogP contribution in [0.25, 0.3) is 119 Å². The fourth-order valence-corrected chi connectivity index (χ4v) is 10.7. The minimum atomic E-state index is 0.899. The number of hydrogen-bond acceptors (Lipinski definition) is 2. The molecular formula is C54H32N2OS. The number of aromatic nitrogens is 2. The third-order valence-corrected chi connectivity index (χ3v) is 13.3. The van der Waals surface area contributed by atoms with Crippen molar-refractivity contribution in [2.24, 2.45) is 0 Å². The molecule has 0 aliphatic rings. The summed E-state index contributed by atoms with van der Waals surface area (Å²) in [6.45, 7) is 0.